The number of aliphatic hydroxyl groups excluding tert-OH is 1. The fourth-order valence-electron chi connectivity index (χ4n) is 2.29. The van der Waals surface area contributed by atoms with Gasteiger partial charge in [0.2, 0.25) is 0 Å². The van der Waals surface area contributed by atoms with Crippen LogP contribution in [0.4, 0.5) is 0 Å². The maximum absolute atomic E-state index is 10.0. The monoisotopic (exact) mass is 276 g/mol. The molecule has 0 radical (unpaired) electrons. The average Bonchev–Trinajstić information content (AvgIpc) is 2.46. The first kappa shape index (κ1) is 16.5. The van der Waals surface area contributed by atoms with Gasteiger partial charge < -0.3 is 14.7 Å². The van der Waals surface area contributed by atoms with Gasteiger partial charge in [0.1, 0.15) is 18.5 Å². The molecule has 4 nitrogen and oxygen atoms in total. The summed E-state index contributed by atoms with van der Waals surface area (Å²) in [6.45, 7) is 5.13. The normalized spacial score (nSPS) is 12.4. The molecule has 1 N–H and O–H groups in total. The van der Waals surface area contributed by atoms with E-state index in [1.165, 1.54) is 0 Å². The summed E-state index contributed by atoms with van der Waals surface area (Å²) in [6.07, 6.45) is 1.61. The Bertz CT molecular complexity index is 438. The van der Waals surface area contributed by atoms with Crippen molar-refractivity contribution in [2.45, 2.75) is 38.8 Å². The van der Waals surface area contributed by atoms with Crippen LogP contribution in [-0.4, -0.2) is 42.4 Å². The molecule has 0 bridgehead atoms. The standard InChI is InChI=1S/C16H24N2O2/c1-4-14(5-2)18(3)11-15(19)12-20-16-8-6-7-13(9-16)10-17/h6-9,14-15,19H,4-5,11-12H2,1-3H3. The second-order valence-electron chi connectivity index (χ2n) is 5.01. The van der Waals surface area contributed by atoms with E-state index in [2.05, 4.69) is 24.8 Å². The third-order valence-electron chi connectivity index (χ3n) is 3.47. The minimum atomic E-state index is -0.536. The van der Waals surface area contributed by atoms with Crippen LogP contribution in [0.2, 0.25) is 0 Å². The lowest BCUT2D eigenvalue weighted by Crippen LogP contribution is -2.39. The highest BCUT2D eigenvalue weighted by Crippen LogP contribution is 2.13. The van der Waals surface area contributed by atoms with Gasteiger partial charge in [-0.3, -0.25) is 0 Å². The van der Waals surface area contributed by atoms with E-state index in [1.807, 2.05) is 7.05 Å². The number of likely N-dealkylation sites (N-methyl/N-ethyl adjacent to an activating group) is 1. The zero-order valence-electron chi connectivity index (χ0n) is 12.5. The number of nitriles is 1. The predicted molar refractivity (Wildman–Crippen MR) is 79.7 cm³/mol. The van der Waals surface area contributed by atoms with Crippen molar-refractivity contribution in [1.29, 1.82) is 5.26 Å². The van der Waals surface area contributed by atoms with E-state index in [-0.39, 0.29) is 6.61 Å². The van der Waals surface area contributed by atoms with Crippen LogP contribution in [0.25, 0.3) is 0 Å². The van der Waals surface area contributed by atoms with E-state index in [4.69, 9.17) is 10.00 Å². The van der Waals surface area contributed by atoms with Crippen molar-refractivity contribution >= 4 is 0 Å². The third kappa shape index (κ3) is 5.20. The second-order valence-corrected chi connectivity index (χ2v) is 5.01. The highest BCUT2D eigenvalue weighted by molar-refractivity contribution is 5.36. The molecule has 1 aromatic rings. The van der Waals surface area contributed by atoms with Crippen LogP contribution in [0.1, 0.15) is 32.3 Å². The first-order valence-electron chi connectivity index (χ1n) is 7.11. The minimum Gasteiger partial charge on any atom is -0.491 e. The Kier molecular flexibility index (Phi) is 7.06. The van der Waals surface area contributed by atoms with Gasteiger partial charge >= 0.3 is 0 Å². The van der Waals surface area contributed by atoms with E-state index in [0.717, 1.165) is 12.8 Å². The van der Waals surface area contributed by atoms with Gasteiger partial charge in [-0.15, -0.1) is 0 Å². The van der Waals surface area contributed by atoms with E-state index < -0.39 is 6.10 Å². The number of ether oxygens (including phenoxy) is 1. The van der Waals surface area contributed by atoms with Crippen LogP contribution in [0, 0.1) is 11.3 Å². The summed E-state index contributed by atoms with van der Waals surface area (Å²) in [6, 6.07) is 9.53. The number of hydrogen-bond acceptors (Lipinski definition) is 4. The predicted octanol–water partition coefficient (Wildman–Crippen LogP) is 2.42. The summed E-state index contributed by atoms with van der Waals surface area (Å²) in [4.78, 5) is 2.17. The van der Waals surface area contributed by atoms with Crippen LogP contribution < -0.4 is 4.74 Å². The van der Waals surface area contributed by atoms with Gasteiger partial charge in [0.15, 0.2) is 0 Å². The molecule has 0 saturated carbocycles. The fraction of sp³-hybridized carbons (Fsp3) is 0.562. The summed E-state index contributed by atoms with van der Waals surface area (Å²) in [5.74, 6) is 0.619. The molecule has 110 valence electrons. The van der Waals surface area contributed by atoms with E-state index in [0.29, 0.717) is 23.9 Å². The van der Waals surface area contributed by atoms with E-state index >= 15 is 0 Å². The molecule has 0 aromatic heterocycles. The summed E-state index contributed by atoms with van der Waals surface area (Å²) < 4.78 is 5.53. The zero-order chi connectivity index (χ0) is 15.0. The van der Waals surface area contributed by atoms with Crippen molar-refractivity contribution in [3.8, 4) is 11.8 Å². The first-order valence-corrected chi connectivity index (χ1v) is 7.11. The van der Waals surface area contributed by atoms with Crippen molar-refractivity contribution in [2.24, 2.45) is 0 Å². The Hall–Kier alpha value is -1.57. The quantitative estimate of drug-likeness (QED) is 0.792. The minimum absolute atomic E-state index is 0.235. The smallest absolute Gasteiger partial charge is 0.120 e. The zero-order valence-corrected chi connectivity index (χ0v) is 12.5. The van der Waals surface area contributed by atoms with Crippen LogP contribution in [0.5, 0.6) is 5.75 Å². The first-order chi connectivity index (χ1) is 9.60. The molecule has 1 unspecified atom stereocenters. The van der Waals surface area contributed by atoms with Crippen molar-refractivity contribution in [1.82, 2.24) is 4.90 Å². The molecule has 0 aliphatic heterocycles. The number of benzene rings is 1. The molecular formula is C16H24N2O2. The highest BCUT2D eigenvalue weighted by atomic mass is 16.5. The molecule has 1 aromatic carbocycles. The molecule has 1 rings (SSSR count). The molecule has 4 heteroatoms. The Morgan fingerprint density at radius 3 is 2.65 bits per heavy atom. The van der Waals surface area contributed by atoms with Gasteiger partial charge in [0, 0.05) is 12.6 Å². The highest BCUT2D eigenvalue weighted by Gasteiger charge is 2.15. The molecular weight excluding hydrogens is 252 g/mol. The molecule has 0 aliphatic rings. The number of aliphatic hydroxyl groups is 1. The SMILES string of the molecule is CCC(CC)N(C)CC(O)COc1cccc(C#N)c1. The molecule has 0 amide bonds. The van der Waals surface area contributed by atoms with Crippen molar-refractivity contribution in [3.63, 3.8) is 0 Å². The van der Waals surface area contributed by atoms with Gasteiger partial charge in [-0.25, -0.2) is 0 Å². The molecule has 0 heterocycles. The van der Waals surface area contributed by atoms with Crippen LogP contribution >= 0.6 is 0 Å². The molecule has 0 spiro atoms. The molecule has 1 atom stereocenters. The molecule has 0 fully saturated rings. The van der Waals surface area contributed by atoms with Gasteiger partial charge in [0.05, 0.1) is 11.6 Å². The van der Waals surface area contributed by atoms with Crippen molar-refractivity contribution in [2.75, 3.05) is 20.2 Å². The van der Waals surface area contributed by atoms with Crippen LogP contribution in [-0.2, 0) is 0 Å². The third-order valence-corrected chi connectivity index (χ3v) is 3.47. The van der Waals surface area contributed by atoms with Crippen molar-refractivity contribution < 1.29 is 9.84 Å². The lowest BCUT2D eigenvalue weighted by Gasteiger charge is -2.28. The average molecular weight is 276 g/mol. The van der Waals surface area contributed by atoms with Gasteiger partial charge in [0.25, 0.3) is 0 Å². The Balaban J connectivity index is 2.43. The maximum atomic E-state index is 10.0. The largest absolute Gasteiger partial charge is 0.491 e. The lowest BCUT2D eigenvalue weighted by atomic mass is 10.1. The second kappa shape index (κ2) is 8.57. The molecule has 0 saturated heterocycles. The van der Waals surface area contributed by atoms with Crippen LogP contribution in [0.15, 0.2) is 24.3 Å². The summed E-state index contributed by atoms with van der Waals surface area (Å²) in [5, 5.41) is 18.8. The van der Waals surface area contributed by atoms with Gasteiger partial charge in [-0.1, -0.05) is 19.9 Å². The van der Waals surface area contributed by atoms with Crippen LogP contribution in [0.3, 0.4) is 0 Å². The molecule has 0 aliphatic carbocycles. The Morgan fingerprint density at radius 1 is 1.35 bits per heavy atom. The molecule has 20 heavy (non-hydrogen) atoms. The Labute approximate surface area is 121 Å². The topological polar surface area (TPSA) is 56.5 Å². The number of nitrogens with zero attached hydrogens (tertiary/aromatic N) is 2. The van der Waals surface area contributed by atoms with Crippen molar-refractivity contribution in [3.05, 3.63) is 29.8 Å². The van der Waals surface area contributed by atoms with Gasteiger partial charge in [-0.2, -0.15) is 5.26 Å². The van der Waals surface area contributed by atoms with Gasteiger partial charge in [-0.05, 0) is 38.1 Å². The van der Waals surface area contributed by atoms with E-state index in [9.17, 15) is 5.11 Å². The summed E-state index contributed by atoms with van der Waals surface area (Å²) in [5.41, 5.74) is 0.561. The number of rotatable bonds is 8. The maximum Gasteiger partial charge on any atom is 0.120 e. The number of hydrogen-bond donors (Lipinski definition) is 1. The summed E-state index contributed by atoms with van der Waals surface area (Å²) >= 11 is 0. The summed E-state index contributed by atoms with van der Waals surface area (Å²) in [7, 11) is 2.02. The van der Waals surface area contributed by atoms with E-state index in [1.54, 1.807) is 24.3 Å². The fourth-order valence-corrected chi connectivity index (χ4v) is 2.29. The lowest BCUT2D eigenvalue weighted by molar-refractivity contribution is 0.0616. The Morgan fingerprint density at radius 2 is 2.05 bits per heavy atom.